The number of hydrogen-bond donors (Lipinski definition) is 1. The van der Waals surface area contributed by atoms with Crippen LogP contribution < -0.4 is 14.8 Å². The van der Waals surface area contributed by atoms with Crippen molar-refractivity contribution in [3.63, 3.8) is 0 Å². The molecule has 2 aromatic rings. The highest BCUT2D eigenvalue weighted by Crippen LogP contribution is 2.24. The molecule has 0 saturated carbocycles. The molecule has 2 rings (SSSR count). The minimum Gasteiger partial charge on any atom is -0.481 e. The van der Waals surface area contributed by atoms with Crippen molar-refractivity contribution in [3.8, 4) is 11.5 Å². The van der Waals surface area contributed by atoms with E-state index >= 15 is 0 Å². The Hall–Kier alpha value is -2.41. The molecule has 0 saturated heterocycles. The zero-order chi connectivity index (χ0) is 18.6. The van der Waals surface area contributed by atoms with Crippen molar-refractivity contribution in [3.05, 3.63) is 53.1 Å². The Balaban J connectivity index is 1.95. The minimum atomic E-state index is -4.76. The summed E-state index contributed by atoms with van der Waals surface area (Å²) in [5, 5.41) is 3.14. The summed E-state index contributed by atoms with van der Waals surface area (Å²) in [5.74, 6) is -0.331. The fourth-order valence-electron chi connectivity index (χ4n) is 1.93. The molecule has 8 heteroatoms. The lowest BCUT2D eigenvalue weighted by atomic mass is 10.2. The minimum absolute atomic E-state index is 0.322. The predicted octanol–water partition coefficient (Wildman–Crippen LogP) is 4.95. The zero-order valence-electron chi connectivity index (χ0n) is 13.4. The van der Waals surface area contributed by atoms with Gasteiger partial charge in [0.2, 0.25) is 0 Å². The summed E-state index contributed by atoms with van der Waals surface area (Å²) >= 11 is 5.92. The summed E-state index contributed by atoms with van der Waals surface area (Å²) in [6, 6.07) is 9.83. The summed E-state index contributed by atoms with van der Waals surface area (Å²) in [6.07, 6.45) is -5.57. The highest BCUT2D eigenvalue weighted by Gasteiger charge is 2.31. The van der Waals surface area contributed by atoms with Crippen LogP contribution in [0.4, 0.5) is 18.9 Å². The quantitative estimate of drug-likeness (QED) is 0.806. The molecule has 134 valence electrons. The van der Waals surface area contributed by atoms with Gasteiger partial charge in [-0.1, -0.05) is 11.6 Å². The number of carbonyl (C=O) groups excluding carboxylic acids is 1. The summed E-state index contributed by atoms with van der Waals surface area (Å²) in [7, 11) is 0. The standard InChI is InChI=1S/C17H15ClF3NO3/c1-10-9-14(7-8-15(10)18)24-11(2)16(23)22-12-3-5-13(6-4-12)25-17(19,20)21/h3-9,11H,1-2H3,(H,22,23)/t11-/m1/s1. The average Bonchev–Trinajstić information content (AvgIpc) is 2.51. The Kier molecular flexibility index (Phi) is 5.79. The summed E-state index contributed by atoms with van der Waals surface area (Å²) in [4.78, 5) is 12.1. The second-order valence-corrected chi connectivity index (χ2v) is 5.64. The summed E-state index contributed by atoms with van der Waals surface area (Å²) in [6.45, 7) is 3.37. The van der Waals surface area contributed by atoms with E-state index in [2.05, 4.69) is 10.1 Å². The van der Waals surface area contributed by atoms with Gasteiger partial charge in [-0.05, 0) is 61.9 Å². The first-order valence-electron chi connectivity index (χ1n) is 7.23. The fourth-order valence-corrected chi connectivity index (χ4v) is 2.05. The number of aryl methyl sites for hydroxylation is 1. The number of carbonyl (C=O) groups is 1. The van der Waals surface area contributed by atoms with Crippen LogP contribution in [0.1, 0.15) is 12.5 Å². The number of ether oxygens (including phenoxy) is 2. The van der Waals surface area contributed by atoms with Crippen LogP contribution in [0.5, 0.6) is 11.5 Å². The number of benzene rings is 2. The molecule has 0 unspecified atom stereocenters. The Morgan fingerprint density at radius 1 is 1.12 bits per heavy atom. The molecule has 0 fully saturated rings. The van der Waals surface area contributed by atoms with E-state index in [0.717, 1.165) is 17.7 Å². The Morgan fingerprint density at radius 3 is 2.28 bits per heavy atom. The number of amides is 1. The van der Waals surface area contributed by atoms with Gasteiger partial charge < -0.3 is 14.8 Å². The van der Waals surface area contributed by atoms with E-state index in [4.69, 9.17) is 16.3 Å². The summed E-state index contributed by atoms with van der Waals surface area (Å²) < 4.78 is 45.6. The van der Waals surface area contributed by atoms with E-state index in [0.29, 0.717) is 16.5 Å². The van der Waals surface area contributed by atoms with Crippen LogP contribution in [0.15, 0.2) is 42.5 Å². The SMILES string of the molecule is Cc1cc(O[C@H](C)C(=O)Nc2ccc(OC(F)(F)F)cc2)ccc1Cl. The van der Waals surface area contributed by atoms with E-state index in [-0.39, 0.29) is 5.75 Å². The molecule has 0 aromatic heterocycles. The zero-order valence-corrected chi connectivity index (χ0v) is 14.1. The van der Waals surface area contributed by atoms with Crippen molar-refractivity contribution in [1.29, 1.82) is 0 Å². The molecule has 1 atom stereocenters. The molecular weight excluding hydrogens is 359 g/mol. The molecule has 0 radical (unpaired) electrons. The predicted molar refractivity (Wildman–Crippen MR) is 88.0 cm³/mol. The van der Waals surface area contributed by atoms with E-state index in [1.165, 1.54) is 12.1 Å². The second kappa shape index (κ2) is 7.65. The van der Waals surface area contributed by atoms with Crippen LogP contribution in [0.3, 0.4) is 0 Å². The monoisotopic (exact) mass is 373 g/mol. The molecule has 0 heterocycles. The Bertz CT molecular complexity index is 748. The number of hydrogen-bond acceptors (Lipinski definition) is 3. The van der Waals surface area contributed by atoms with Crippen LogP contribution in [0, 0.1) is 6.92 Å². The van der Waals surface area contributed by atoms with Crippen molar-refractivity contribution >= 4 is 23.2 Å². The van der Waals surface area contributed by atoms with Crippen LogP contribution in [0.2, 0.25) is 5.02 Å². The van der Waals surface area contributed by atoms with Gasteiger partial charge in [0, 0.05) is 10.7 Å². The highest BCUT2D eigenvalue weighted by molar-refractivity contribution is 6.31. The molecule has 1 amide bonds. The van der Waals surface area contributed by atoms with Gasteiger partial charge in [-0.15, -0.1) is 13.2 Å². The molecule has 2 aromatic carbocycles. The number of rotatable bonds is 5. The maximum absolute atomic E-state index is 12.1. The lowest BCUT2D eigenvalue weighted by molar-refractivity contribution is -0.274. The van der Waals surface area contributed by atoms with Crippen LogP contribution in [-0.2, 0) is 4.79 Å². The average molecular weight is 374 g/mol. The molecule has 0 aliphatic carbocycles. The first kappa shape index (κ1) is 18.9. The van der Waals surface area contributed by atoms with E-state index in [1.54, 1.807) is 25.1 Å². The molecule has 0 spiro atoms. The number of anilines is 1. The lowest BCUT2D eigenvalue weighted by Gasteiger charge is -2.15. The topological polar surface area (TPSA) is 47.6 Å². The maximum Gasteiger partial charge on any atom is 0.573 e. The van der Waals surface area contributed by atoms with Crippen LogP contribution in [0.25, 0.3) is 0 Å². The smallest absolute Gasteiger partial charge is 0.481 e. The van der Waals surface area contributed by atoms with E-state index in [9.17, 15) is 18.0 Å². The molecule has 0 aliphatic rings. The lowest BCUT2D eigenvalue weighted by Crippen LogP contribution is -2.30. The number of alkyl halides is 3. The van der Waals surface area contributed by atoms with Crippen LogP contribution in [-0.4, -0.2) is 18.4 Å². The molecule has 0 aliphatic heterocycles. The van der Waals surface area contributed by atoms with E-state index < -0.39 is 18.4 Å². The van der Waals surface area contributed by atoms with Gasteiger partial charge in [-0.25, -0.2) is 0 Å². The summed E-state index contributed by atoms with van der Waals surface area (Å²) in [5.41, 5.74) is 1.13. The third kappa shape index (κ3) is 5.86. The largest absolute Gasteiger partial charge is 0.573 e. The Morgan fingerprint density at radius 2 is 1.72 bits per heavy atom. The Labute approximate surface area is 147 Å². The first-order valence-corrected chi connectivity index (χ1v) is 7.61. The van der Waals surface area contributed by atoms with Crippen molar-refractivity contribution < 1.29 is 27.4 Å². The van der Waals surface area contributed by atoms with Crippen molar-refractivity contribution in [2.45, 2.75) is 26.3 Å². The van der Waals surface area contributed by atoms with Gasteiger partial charge in [-0.3, -0.25) is 4.79 Å². The molecular formula is C17H15ClF3NO3. The van der Waals surface area contributed by atoms with Crippen molar-refractivity contribution in [2.24, 2.45) is 0 Å². The highest BCUT2D eigenvalue weighted by atomic mass is 35.5. The first-order chi connectivity index (χ1) is 11.6. The molecule has 25 heavy (non-hydrogen) atoms. The van der Waals surface area contributed by atoms with Crippen LogP contribution >= 0.6 is 11.6 Å². The van der Waals surface area contributed by atoms with Gasteiger partial charge in [0.15, 0.2) is 6.10 Å². The number of nitrogens with one attached hydrogen (secondary N) is 1. The maximum atomic E-state index is 12.1. The van der Waals surface area contributed by atoms with Gasteiger partial charge >= 0.3 is 6.36 Å². The molecule has 0 bridgehead atoms. The third-order valence-electron chi connectivity index (χ3n) is 3.17. The molecule has 1 N–H and O–H groups in total. The normalized spacial score (nSPS) is 12.4. The van der Waals surface area contributed by atoms with Gasteiger partial charge in [0.25, 0.3) is 5.91 Å². The van der Waals surface area contributed by atoms with Crippen molar-refractivity contribution in [2.75, 3.05) is 5.32 Å². The molecule has 4 nitrogen and oxygen atoms in total. The van der Waals surface area contributed by atoms with Gasteiger partial charge in [0.1, 0.15) is 11.5 Å². The van der Waals surface area contributed by atoms with Gasteiger partial charge in [0.05, 0.1) is 0 Å². The van der Waals surface area contributed by atoms with Crippen molar-refractivity contribution in [1.82, 2.24) is 0 Å². The second-order valence-electron chi connectivity index (χ2n) is 5.23. The fraction of sp³-hybridized carbons (Fsp3) is 0.235. The number of halogens is 4. The van der Waals surface area contributed by atoms with Gasteiger partial charge in [-0.2, -0.15) is 0 Å². The third-order valence-corrected chi connectivity index (χ3v) is 3.59. The van der Waals surface area contributed by atoms with E-state index in [1.807, 2.05) is 6.92 Å².